The van der Waals surface area contributed by atoms with E-state index in [0.717, 1.165) is 0 Å². The molecule has 2 aromatic heterocycles. The van der Waals surface area contributed by atoms with Crippen LogP contribution in [0.2, 0.25) is 0 Å². The van der Waals surface area contributed by atoms with Gasteiger partial charge in [-0.2, -0.15) is 11.3 Å². The molecule has 80 valence electrons. The fraction of sp³-hybridized carbons (Fsp3) is 0.333. The van der Waals surface area contributed by atoms with Gasteiger partial charge in [0.1, 0.15) is 0 Å². The van der Waals surface area contributed by atoms with Crippen LogP contribution in [0.3, 0.4) is 0 Å². The van der Waals surface area contributed by atoms with Crippen molar-refractivity contribution in [1.29, 1.82) is 0 Å². The van der Waals surface area contributed by atoms with Crippen LogP contribution in [0.15, 0.2) is 52.0 Å². The molecule has 2 heterocycles. The molecule has 0 atom stereocenters. The van der Waals surface area contributed by atoms with Gasteiger partial charge >= 0.3 is 0 Å². The van der Waals surface area contributed by atoms with E-state index in [1.807, 2.05) is 62.7 Å². The summed E-state index contributed by atoms with van der Waals surface area (Å²) in [5.41, 5.74) is 0. The molecule has 0 amide bonds. The summed E-state index contributed by atoms with van der Waals surface area (Å²) in [5, 5.41) is 4.08. The highest BCUT2D eigenvalue weighted by Crippen LogP contribution is 1.91. The standard InChI is InChI=1S/C4H4O.C4H4S.2C2H6/c2*1-2-4-5-3-1;2*1-2/h2*1-4H;2*1-2H3. The highest BCUT2D eigenvalue weighted by molar-refractivity contribution is 7.07. The summed E-state index contributed by atoms with van der Waals surface area (Å²) in [7, 11) is 0. The maximum absolute atomic E-state index is 4.58. The second kappa shape index (κ2) is 17.9. The molecular formula is C12H20OS. The highest BCUT2D eigenvalue weighted by atomic mass is 32.1. The molecule has 1 nitrogen and oxygen atoms in total. The third kappa shape index (κ3) is 13.6. The predicted octanol–water partition coefficient (Wildman–Crippen LogP) is 5.08. The SMILES string of the molecule is CC.CC.c1ccoc1.c1ccsc1. The van der Waals surface area contributed by atoms with E-state index in [4.69, 9.17) is 0 Å². The smallest absolute Gasteiger partial charge is 0.0902 e. The Labute approximate surface area is 91.4 Å². The minimum atomic E-state index is 1.62. The van der Waals surface area contributed by atoms with Crippen LogP contribution in [0.25, 0.3) is 0 Å². The largest absolute Gasteiger partial charge is 0.473 e. The van der Waals surface area contributed by atoms with E-state index in [0.29, 0.717) is 0 Å². The Morgan fingerprint density at radius 2 is 1.14 bits per heavy atom. The second-order valence-corrected chi connectivity index (χ2v) is 2.40. The summed E-state index contributed by atoms with van der Waals surface area (Å²) in [4.78, 5) is 0. The quantitative estimate of drug-likeness (QED) is 0.593. The van der Waals surface area contributed by atoms with Crippen molar-refractivity contribution in [1.82, 2.24) is 0 Å². The molecule has 2 aromatic rings. The predicted molar refractivity (Wildman–Crippen MR) is 65.7 cm³/mol. The summed E-state index contributed by atoms with van der Waals surface area (Å²) in [6, 6.07) is 7.70. The maximum Gasteiger partial charge on any atom is 0.0902 e. The lowest BCUT2D eigenvalue weighted by Gasteiger charge is -1.50. The van der Waals surface area contributed by atoms with Crippen molar-refractivity contribution in [3.8, 4) is 0 Å². The molecule has 0 spiro atoms. The maximum atomic E-state index is 4.58. The molecule has 0 unspecified atom stereocenters. The van der Waals surface area contributed by atoms with Gasteiger partial charge in [-0.3, -0.25) is 0 Å². The molecule has 0 aromatic carbocycles. The van der Waals surface area contributed by atoms with E-state index in [9.17, 15) is 0 Å². The molecule has 0 bridgehead atoms. The summed E-state index contributed by atoms with van der Waals surface area (Å²) < 4.78 is 4.58. The molecule has 0 N–H and O–H groups in total. The van der Waals surface area contributed by atoms with E-state index in [2.05, 4.69) is 4.42 Å². The molecule has 14 heavy (non-hydrogen) atoms. The van der Waals surface area contributed by atoms with Crippen LogP contribution in [0.5, 0.6) is 0 Å². The average Bonchev–Trinajstić information content (AvgIpc) is 3.01. The van der Waals surface area contributed by atoms with Crippen molar-refractivity contribution in [3.05, 3.63) is 47.6 Å². The molecule has 2 heteroatoms. The second-order valence-electron chi connectivity index (χ2n) is 1.59. The number of thiophene rings is 1. The molecular weight excluding hydrogens is 192 g/mol. The minimum Gasteiger partial charge on any atom is -0.473 e. The Kier molecular flexibility index (Phi) is 19.8. The van der Waals surface area contributed by atoms with Crippen molar-refractivity contribution in [2.75, 3.05) is 0 Å². The van der Waals surface area contributed by atoms with Gasteiger partial charge in [0.25, 0.3) is 0 Å². The molecule has 0 radical (unpaired) electrons. The van der Waals surface area contributed by atoms with E-state index in [-0.39, 0.29) is 0 Å². The zero-order chi connectivity index (χ0) is 11.1. The fourth-order valence-electron chi connectivity index (χ4n) is 0.454. The first kappa shape index (κ1) is 15.5. The van der Waals surface area contributed by atoms with Crippen LogP contribution in [0.4, 0.5) is 0 Å². The summed E-state index contributed by atoms with van der Waals surface area (Å²) >= 11 is 1.71. The van der Waals surface area contributed by atoms with E-state index in [1.54, 1.807) is 23.9 Å². The van der Waals surface area contributed by atoms with Crippen molar-refractivity contribution in [2.24, 2.45) is 0 Å². The Hall–Kier alpha value is -1.02. The van der Waals surface area contributed by atoms with E-state index in [1.165, 1.54) is 0 Å². The Morgan fingerprint density at radius 3 is 1.29 bits per heavy atom. The highest BCUT2D eigenvalue weighted by Gasteiger charge is 1.59. The molecule has 0 aliphatic heterocycles. The van der Waals surface area contributed by atoms with Crippen LogP contribution in [-0.4, -0.2) is 0 Å². The van der Waals surface area contributed by atoms with Crippen LogP contribution < -0.4 is 0 Å². The lowest BCUT2D eigenvalue weighted by atomic mass is 10.7. The fourth-order valence-corrected chi connectivity index (χ4v) is 0.907. The van der Waals surface area contributed by atoms with E-state index < -0.39 is 0 Å². The third-order valence-corrected chi connectivity index (χ3v) is 1.48. The number of furan rings is 1. The number of rotatable bonds is 0. The summed E-state index contributed by atoms with van der Waals surface area (Å²) in [6.07, 6.45) is 3.25. The van der Waals surface area contributed by atoms with E-state index >= 15 is 0 Å². The van der Waals surface area contributed by atoms with Crippen molar-refractivity contribution >= 4 is 11.3 Å². The molecule has 0 saturated carbocycles. The topological polar surface area (TPSA) is 13.1 Å². The first-order valence-electron chi connectivity index (χ1n) is 4.94. The van der Waals surface area contributed by atoms with Gasteiger partial charge in [0.15, 0.2) is 0 Å². The van der Waals surface area contributed by atoms with Crippen LogP contribution >= 0.6 is 11.3 Å². The van der Waals surface area contributed by atoms with Gasteiger partial charge in [-0.1, -0.05) is 39.8 Å². The lowest BCUT2D eigenvalue weighted by molar-refractivity contribution is 0.567. The summed E-state index contributed by atoms with van der Waals surface area (Å²) in [6.45, 7) is 8.00. The first-order valence-corrected chi connectivity index (χ1v) is 5.89. The number of hydrogen-bond acceptors (Lipinski definition) is 2. The molecule has 0 saturated heterocycles. The Morgan fingerprint density at radius 1 is 0.714 bits per heavy atom. The third-order valence-electron chi connectivity index (χ3n) is 0.851. The Balaban J connectivity index is 0. The minimum absolute atomic E-state index is 1.62. The zero-order valence-corrected chi connectivity index (χ0v) is 10.3. The molecule has 0 aliphatic rings. The lowest BCUT2D eigenvalue weighted by Crippen LogP contribution is -1.16. The molecule has 0 aliphatic carbocycles. The van der Waals surface area contributed by atoms with Crippen molar-refractivity contribution in [3.63, 3.8) is 0 Å². The van der Waals surface area contributed by atoms with Crippen molar-refractivity contribution < 1.29 is 4.42 Å². The average molecular weight is 212 g/mol. The zero-order valence-electron chi connectivity index (χ0n) is 9.44. The number of hydrogen-bond donors (Lipinski definition) is 0. The van der Waals surface area contributed by atoms with Gasteiger partial charge in [-0.05, 0) is 22.9 Å². The van der Waals surface area contributed by atoms with Gasteiger partial charge < -0.3 is 4.42 Å². The summed E-state index contributed by atoms with van der Waals surface area (Å²) in [5.74, 6) is 0. The Bertz CT molecular complexity index is 150. The molecule has 2 rings (SSSR count). The molecule has 0 fully saturated rings. The van der Waals surface area contributed by atoms with Gasteiger partial charge in [0.05, 0.1) is 12.5 Å². The van der Waals surface area contributed by atoms with Gasteiger partial charge in [-0.25, -0.2) is 0 Å². The normalized spacial score (nSPS) is 6.57. The van der Waals surface area contributed by atoms with Gasteiger partial charge in [-0.15, -0.1) is 0 Å². The van der Waals surface area contributed by atoms with Crippen LogP contribution in [0, 0.1) is 0 Å². The van der Waals surface area contributed by atoms with Gasteiger partial charge in [0.2, 0.25) is 0 Å². The monoisotopic (exact) mass is 212 g/mol. The first-order chi connectivity index (χ1) is 7.00. The van der Waals surface area contributed by atoms with Gasteiger partial charge in [0, 0.05) is 0 Å². The van der Waals surface area contributed by atoms with Crippen LogP contribution in [0.1, 0.15) is 27.7 Å². The van der Waals surface area contributed by atoms with Crippen molar-refractivity contribution in [2.45, 2.75) is 27.7 Å². The van der Waals surface area contributed by atoms with Crippen LogP contribution in [-0.2, 0) is 0 Å².